The molecule has 0 aromatic carbocycles. The van der Waals surface area contributed by atoms with Crippen molar-refractivity contribution in [2.24, 2.45) is 11.8 Å². The van der Waals surface area contributed by atoms with Gasteiger partial charge in [-0.3, -0.25) is 18.6 Å². The smallest absolute Gasteiger partial charge is 0.272 e. The molecule has 0 radical (unpaired) electrons. The van der Waals surface area contributed by atoms with Crippen LogP contribution in [0.15, 0.2) is 50.6 Å². The summed E-state index contributed by atoms with van der Waals surface area (Å²) in [5, 5.41) is 14.0. The van der Waals surface area contributed by atoms with Gasteiger partial charge in [-0.15, -0.1) is 11.3 Å². The molecule has 1 aliphatic rings. The summed E-state index contributed by atoms with van der Waals surface area (Å²) in [6.07, 6.45) is 4.11. The van der Waals surface area contributed by atoms with Crippen LogP contribution in [0, 0.1) is 11.8 Å². The molecule has 8 nitrogen and oxygen atoms in total. The van der Waals surface area contributed by atoms with Crippen molar-refractivity contribution in [3.63, 3.8) is 0 Å². The van der Waals surface area contributed by atoms with Crippen LogP contribution in [-0.4, -0.2) is 24.9 Å². The number of aliphatic carboxylic acids is 1. The number of aromatic nitrogens is 4. The molecule has 176 valence electrons. The molecule has 0 aliphatic heterocycles. The molecule has 0 bridgehead atoms. The monoisotopic (exact) mass is 515 g/mol. The molecule has 0 unspecified atom stereocenters. The second kappa shape index (κ2) is 9.52. The van der Waals surface area contributed by atoms with Crippen molar-refractivity contribution in [1.29, 1.82) is 0 Å². The molecule has 0 saturated heterocycles. The Kier molecular flexibility index (Phi) is 6.46. The highest BCUT2D eigenvalue weighted by Crippen LogP contribution is 2.31. The van der Waals surface area contributed by atoms with Crippen LogP contribution < -0.4 is 16.2 Å². The van der Waals surface area contributed by atoms with Crippen molar-refractivity contribution in [3.05, 3.63) is 67.3 Å². The van der Waals surface area contributed by atoms with E-state index in [2.05, 4.69) is 4.98 Å². The number of thioether (sulfide) groups is 1. The lowest BCUT2D eigenvalue weighted by Crippen LogP contribution is -2.35. The Bertz CT molecular complexity index is 1500. The molecule has 11 heteroatoms. The topological polar surface area (TPSA) is 109 Å². The van der Waals surface area contributed by atoms with Crippen LogP contribution in [0.5, 0.6) is 0 Å². The summed E-state index contributed by atoms with van der Waals surface area (Å²) in [4.78, 5) is 46.2. The second-order valence-electron chi connectivity index (χ2n) is 8.43. The zero-order valence-electron chi connectivity index (χ0n) is 18.0. The van der Waals surface area contributed by atoms with E-state index in [-0.39, 0.29) is 17.0 Å². The Morgan fingerprint density at radius 1 is 1.18 bits per heavy atom. The van der Waals surface area contributed by atoms with Crippen LogP contribution in [0.25, 0.3) is 15.9 Å². The van der Waals surface area contributed by atoms with Gasteiger partial charge in [0.1, 0.15) is 10.3 Å². The van der Waals surface area contributed by atoms with Crippen LogP contribution >= 0.6 is 34.7 Å². The predicted molar refractivity (Wildman–Crippen MR) is 130 cm³/mol. The van der Waals surface area contributed by atoms with Gasteiger partial charge in [-0.05, 0) is 61.1 Å². The van der Waals surface area contributed by atoms with E-state index in [1.807, 2.05) is 11.4 Å². The van der Waals surface area contributed by atoms with Gasteiger partial charge in [-0.25, -0.2) is 9.97 Å². The number of nitrogens with zero attached hydrogens (tertiary/aromatic N) is 4. The van der Waals surface area contributed by atoms with Crippen LogP contribution in [-0.2, 0) is 17.1 Å². The lowest BCUT2D eigenvalue weighted by Gasteiger charge is -2.29. The number of rotatable bonds is 6. The van der Waals surface area contributed by atoms with Crippen molar-refractivity contribution in [2.75, 3.05) is 0 Å². The fourth-order valence-electron chi connectivity index (χ4n) is 4.37. The van der Waals surface area contributed by atoms with Gasteiger partial charge in [0.15, 0.2) is 5.16 Å². The number of carboxylic acids is 1. The maximum absolute atomic E-state index is 13.3. The summed E-state index contributed by atoms with van der Waals surface area (Å²) in [5.74, 6) is -0.837. The summed E-state index contributed by atoms with van der Waals surface area (Å²) in [6.45, 7) is 0.480. The van der Waals surface area contributed by atoms with Crippen molar-refractivity contribution < 1.29 is 9.90 Å². The molecule has 4 heterocycles. The number of pyridine rings is 1. The summed E-state index contributed by atoms with van der Waals surface area (Å²) in [6, 6.07) is 6.65. The van der Waals surface area contributed by atoms with Crippen LogP contribution in [0.4, 0.5) is 0 Å². The standard InChI is InChI=1S/C23H21ClN4O4S2/c24-15-5-6-18-25-16(9-19(29)27(18)11-15)12-34-23-26-17-7-8-33-20(17)21(30)28(23)10-13-1-3-14(4-2-13)22(31)32/h5-9,11,13-14H,1-4,10,12H2,(H,31,32)/p-1. The predicted octanol–water partition coefficient (Wildman–Crippen LogP) is 2.97. The highest BCUT2D eigenvalue weighted by molar-refractivity contribution is 7.98. The molecule has 0 spiro atoms. The number of thiophene rings is 1. The lowest BCUT2D eigenvalue weighted by molar-refractivity contribution is -0.312. The van der Waals surface area contributed by atoms with Crippen molar-refractivity contribution in [1.82, 2.24) is 18.9 Å². The summed E-state index contributed by atoms with van der Waals surface area (Å²) >= 11 is 8.71. The SMILES string of the molecule is O=C([O-])C1CCC(Cn2c(SCc3cc(=O)n4cc(Cl)ccc4n3)nc3ccsc3c2=O)CC1. The molecule has 5 rings (SSSR count). The Balaban J connectivity index is 1.42. The van der Waals surface area contributed by atoms with Gasteiger partial charge < -0.3 is 9.90 Å². The fraction of sp³-hybridized carbons (Fsp3) is 0.348. The Morgan fingerprint density at radius 2 is 1.97 bits per heavy atom. The van der Waals surface area contributed by atoms with Crippen LogP contribution in [0.3, 0.4) is 0 Å². The highest BCUT2D eigenvalue weighted by Gasteiger charge is 2.24. The third-order valence-electron chi connectivity index (χ3n) is 6.18. The van der Waals surface area contributed by atoms with E-state index >= 15 is 0 Å². The maximum atomic E-state index is 13.3. The van der Waals surface area contributed by atoms with E-state index in [9.17, 15) is 19.5 Å². The molecule has 0 N–H and O–H groups in total. The van der Waals surface area contributed by atoms with Gasteiger partial charge in [-0.1, -0.05) is 23.4 Å². The fourth-order valence-corrected chi connectivity index (χ4v) is 6.21. The Labute approximate surface area is 207 Å². The normalized spacial score (nSPS) is 18.5. The van der Waals surface area contributed by atoms with Crippen molar-refractivity contribution in [2.45, 2.75) is 43.1 Å². The summed E-state index contributed by atoms with van der Waals surface area (Å²) in [5.41, 5.74) is 1.40. The van der Waals surface area contributed by atoms with E-state index in [4.69, 9.17) is 16.6 Å². The molecule has 34 heavy (non-hydrogen) atoms. The third-order valence-corrected chi connectivity index (χ3v) is 8.30. The number of fused-ring (bicyclic) bond motifs is 2. The number of carbonyl (C=O) groups excluding carboxylic acids is 1. The minimum Gasteiger partial charge on any atom is -0.550 e. The number of hydrogen-bond donors (Lipinski definition) is 0. The van der Waals surface area contributed by atoms with Gasteiger partial charge in [0.2, 0.25) is 0 Å². The lowest BCUT2D eigenvalue weighted by atomic mass is 9.82. The van der Waals surface area contributed by atoms with E-state index in [1.165, 1.54) is 39.8 Å². The Morgan fingerprint density at radius 3 is 2.74 bits per heavy atom. The van der Waals surface area contributed by atoms with Crippen LogP contribution in [0.2, 0.25) is 5.02 Å². The van der Waals surface area contributed by atoms with Gasteiger partial charge in [0.25, 0.3) is 11.1 Å². The van der Waals surface area contributed by atoms with E-state index in [0.29, 0.717) is 56.9 Å². The van der Waals surface area contributed by atoms with E-state index < -0.39 is 11.9 Å². The molecular formula is C23H20ClN4O4S2-. The Hall–Kier alpha value is -2.69. The average molecular weight is 516 g/mol. The first kappa shape index (κ1) is 23.1. The number of carboxylic acid groups (broad SMARTS) is 1. The number of carbonyl (C=O) groups is 1. The first-order valence-corrected chi connectivity index (χ1v) is 13.1. The second-order valence-corrected chi connectivity index (χ2v) is 10.7. The van der Waals surface area contributed by atoms with Gasteiger partial charge in [-0.2, -0.15) is 0 Å². The zero-order valence-corrected chi connectivity index (χ0v) is 20.4. The first-order valence-electron chi connectivity index (χ1n) is 10.9. The van der Waals surface area contributed by atoms with Gasteiger partial charge >= 0.3 is 0 Å². The van der Waals surface area contributed by atoms with E-state index in [0.717, 1.165) is 12.8 Å². The molecule has 1 fully saturated rings. The van der Waals surface area contributed by atoms with Crippen molar-refractivity contribution >= 4 is 56.5 Å². The molecular weight excluding hydrogens is 496 g/mol. The van der Waals surface area contributed by atoms with Gasteiger partial charge in [0.05, 0.1) is 16.2 Å². The first-order chi connectivity index (χ1) is 16.4. The van der Waals surface area contributed by atoms with E-state index in [1.54, 1.807) is 16.7 Å². The van der Waals surface area contributed by atoms with Crippen molar-refractivity contribution in [3.8, 4) is 0 Å². The third kappa shape index (κ3) is 4.62. The summed E-state index contributed by atoms with van der Waals surface area (Å²) in [7, 11) is 0. The molecule has 0 atom stereocenters. The molecule has 1 saturated carbocycles. The van der Waals surface area contributed by atoms with Crippen LogP contribution in [0.1, 0.15) is 31.4 Å². The molecule has 4 aromatic heterocycles. The quantitative estimate of drug-likeness (QED) is 0.287. The zero-order chi connectivity index (χ0) is 23.8. The number of halogens is 1. The molecule has 0 amide bonds. The minimum absolute atomic E-state index is 0.0919. The largest absolute Gasteiger partial charge is 0.550 e. The highest BCUT2D eigenvalue weighted by atomic mass is 35.5. The maximum Gasteiger partial charge on any atom is 0.272 e. The number of hydrogen-bond acceptors (Lipinski definition) is 8. The minimum atomic E-state index is -0.991. The summed E-state index contributed by atoms with van der Waals surface area (Å²) < 4.78 is 3.69. The molecule has 4 aromatic rings. The average Bonchev–Trinajstić information content (AvgIpc) is 3.29. The molecule has 1 aliphatic carbocycles. The van der Waals surface area contributed by atoms with Gasteiger partial charge in [0, 0.05) is 30.5 Å².